The van der Waals surface area contributed by atoms with Crippen LogP contribution in [0.2, 0.25) is 10.0 Å². The van der Waals surface area contributed by atoms with Crippen molar-refractivity contribution in [1.29, 1.82) is 5.26 Å². The zero-order chi connectivity index (χ0) is 17.1. The summed E-state index contributed by atoms with van der Waals surface area (Å²) >= 11 is 12.1. The Kier molecular flexibility index (Phi) is 4.71. The molecule has 0 bridgehead atoms. The van der Waals surface area contributed by atoms with Gasteiger partial charge in [0, 0.05) is 10.6 Å². The van der Waals surface area contributed by atoms with E-state index in [1.54, 1.807) is 48.5 Å². The lowest BCUT2D eigenvalue weighted by atomic mass is 10.1. The third kappa shape index (κ3) is 3.51. The molecule has 1 aromatic heterocycles. The number of hydrogen-bond donors (Lipinski definition) is 0. The molecule has 24 heavy (non-hydrogen) atoms. The fraction of sp³-hybridized carbons (Fsp3) is 0. The van der Waals surface area contributed by atoms with Gasteiger partial charge in [-0.15, -0.1) is 0 Å². The normalized spacial score (nSPS) is 11.3. The van der Waals surface area contributed by atoms with Crippen LogP contribution in [0.4, 0.5) is 4.39 Å². The number of allylic oxidation sites excluding steroid dienone is 1. The van der Waals surface area contributed by atoms with Crippen molar-refractivity contribution in [2.45, 2.75) is 0 Å². The average Bonchev–Trinajstić information content (AvgIpc) is 3.04. The highest BCUT2D eigenvalue weighted by molar-refractivity contribution is 6.35. The maximum atomic E-state index is 13.0. The highest BCUT2D eigenvalue weighted by atomic mass is 35.5. The Balaban J connectivity index is 1.96. The van der Waals surface area contributed by atoms with E-state index in [9.17, 15) is 9.65 Å². The summed E-state index contributed by atoms with van der Waals surface area (Å²) in [6.45, 7) is 0. The molecule has 0 aliphatic rings. The minimum Gasteiger partial charge on any atom is -0.457 e. The van der Waals surface area contributed by atoms with Crippen molar-refractivity contribution >= 4 is 34.9 Å². The highest BCUT2D eigenvalue weighted by Gasteiger charge is 2.10. The first kappa shape index (κ1) is 16.3. The van der Waals surface area contributed by atoms with E-state index in [2.05, 4.69) is 6.07 Å². The minimum atomic E-state index is -0.355. The van der Waals surface area contributed by atoms with Crippen LogP contribution < -0.4 is 0 Å². The van der Waals surface area contributed by atoms with E-state index in [1.165, 1.54) is 12.1 Å². The highest BCUT2D eigenvalue weighted by Crippen LogP contribution is 2.32. The zero-order valence-electron chi connectivity index (χ0n) is 12.3. The van der Waals surface area contributed by atoms with E-state index in [-0.39, 0.29) is 5.82 Å². The molecule has 0 saturated carbocycles. The standard InChI is InChI=1S/C19H10Cl2FNO/c20-14-3-7-18(21)17(10-14)19-8-6-16(24-19)9-13(11-23)12-1-4-15(22)5-2-12/h1-10H/b13-9+. The molecule has 0 aliphatic heterocycles. The first-order valence-electron chi connectivity index (χ1n) is 7.00. The van der Waals surface area contributed by atoms with Gasteiger partial charge < -0.3 is 4.42 Å². The van der Waals surface area contributed by atoms with Crippen LogP contribution in [0.5, 0.6) is 0 Å². The summed E-state index contributed by atoms with van der Waals surface area (Å²) in [5, 5.41) is 10.4. The maximum Gasteiger partial charge on any atom is 0.136 e. The molecule has 0 amide bonds. The van der Waals surface area contributed by atoms with Gasteiger partial charge in [-0.3, -0.25) is 0 Å². The molecule has 1 heterocycles. The number of benzene rings is 2. The monoisotopic (exact) mass is 357 g/mol. The Hall–Kier alpha value is -2.54. The maximum absolute atomic E-state index is 13.0. The summed E-state index contributed by atoms with van der Waals surface area (Å²) in [5.41, 5.74) is 1.65. The van der Waals surface area contributed by atoms with Crippen molar-refractivity contribution in [2.75, 3.05) is 0 Å². The smallest absolute Gasteiger partial charge is 0.136 e. The van der Waals surface area contributed by atoms with Crippen molar-refractivity contribution < 1.29 is 8.81 Å². The van der Waals surface area contributed by atoms with Gasteiger partial charge in [0.2, 0.25) is 0 Å². The van der Waals surface area contributed by atoms with Crippen molar-refractivity contribution in [3.63, 3.8) is 0 Å². The largest absolute Gasteiger partial charge is 0.457 e. The minimum absolute atomic E-state index is 0.355. The molecule has 0 N–H and O–H groups in total. The van der Waals surface area contributed by atoms with Crippen LogP contribution >= 0.6 is 23.2 Å². The molecule has 2 aromatic carbocycles. The molecule has 0 saturated heterocycles. The molecular formula is C19H10Cl2FNO. The van der Waals surface area contributed by atoms with E-state index >= 15 is 0 Å². The molecule has 0 atom stereocenters. The Morgan fingerprint density at radius 2 is 1.79 bits per heavy atom. The predicted octanol–water partition coefficient (Wildman–Crippen LogP) is 6.46. The molecule has 118 valence electrons. The predicted molar refractivity (Wildman–Crippen MR) is 94.0 cm³/mol. The van der Waals surface area contributed by atoms with Gasteiger partial charge in [0.05, 0.1) is 16.7 Å². The summed E-state index contributed by atoms with van der Waals surface area (Å²) in [5.74, 6) is 0.680. The Bertz CT molecular complexity index is 952. The van der Waals surface area contributed by atoms with Crippen LogP contribution in [0.3, 0.4) is 0 Å². The van der Waals surface area contributed by atoms with E-state index in [4.69, 9.17) is 27.6 Å². The number of nitriles is 1. The van der Waals surface area contributed by atoms with Gasteiger partial charge in [-0.1, -0.05) is 35.3 Å². The van der Waals surface area contributed by atoms with Gasteiger partial charge in [0.15, 0.2) is 0 Å². The quantitative estimate of drug-likeness (QED) is 0.504. The number of nitrogens with zero attached hydrogens (tertiary/aromatic N) is 1. The van der Waals surface area contributed by atoms with E-state index in [0.29, 0.717) is 38.3 Å². The summed E-state index contributed by atoms with van der Waals surface area (Å²) in [7, 11) is 0. The van der Waals surface area contributed by atoms with Crippen LogP contribution in [0.25, 0.3) is 23.0 Å². The molecular weight excluding hydrogens is 348 g/mol. The number of rotatable bonds is 3. The summed E-state index contributed by atoms with van der Waals surface area (Å²) < 4.78 is 18.7. The number of furan rings is 1. The Labute approximate surface area is 148 Å². The van der Waals surface area contributed by atoms with Gasteiger partial charge >= 0.3 is 0 Å². The lowest BCUT2D eigenvalue weighted by Gasteiger charge is -2.01. The molecule has 0 spiro atoms. The van der Waals surface area contributed by atoms with Gasteiger partial charge in [-0.05, 0) is 54.1 Å². The average molecular weight is 358 g/mol. The fourth-order valence-corrected chi connectivity index (χ4v) is 2.60. The van der Waals surface area contributed by atoms with E-state index in [0.717, 1.165) is 0 Å². The zero-order valence-corrected chi connectivity index (χ0v) is 13.8. The van der Waals surface area contributed by atoms with Crippen molar-refractivity contribution in [1.82, 2.24) is 0 Å². The summed E-state index contributed by atoms with van der Waals surface area (Å²) in [4.78, 5) is 0. The van der Waals surface area contributed by atoms with Crippen LogP contribution in [-0.2, 0) is 0 Å². The van der Waals surface area contributed by atoms with Crippen LogP contribution in [0, 0.1) is 17.1 Å². The van der Waals surface area contributed by atoms with E-state index in [1.807, 2.05) is 0 Å². The topological polar surface area (TPSA) is 36.9 Å². The molecule has 2 nitrogen and oxygen atoms in total. The van der Waals surface area contributed by atoms with Crippen LogP contribution in [0.1, 0.15) is 11.3 Å². The molecule has 0 aliphatic carbocycles. The van der Waals surface area contributed by atoms with E-state index < -0.39 is 0 Å². The first-order valence-corrected chi connectivity index (χ1v) is 7.75. The van der Waals surface area contributed by atoms with Gasteiger partial charge in [-0.2, -0.15) is 5.26 Å². The van der Waals surface area contributed by atoms with Crippen molar-refractivity contribution in [3.05, 3.63) is 81.8 Å². The second kappa shape index (κ2) is 6.92. The molecule has 5 heteroatoms. The second-order valence-corrected chi connectivity index (χ2v) is 5.85. The number of halogens is 3. The third-order valence-corrected chi connectivity index (χ3v) is 3.95. The summed E-state index contributed by atoms with van der Waals surface area (Å²) in [6, 6.07) is 16.4. The molecule has 0 radical (unpaired) electrons. The SMILES string of the molecule is N#C/C(=C\c1ccc(-c2cc(Cl)ccc2Cl)o1)c1ccc(F)cc1. The molecule has 0 fully saturated rings. The fourth-order valence-electron chi connectivity index (χ4n) is 2.21. The number of hydrogen-bond acceptors (Lipinski definition) is 2. The molecule has 3 aromatic rings. The van der Waals surface area contributed by atoms with Crippen molar-refractivity contribution in [2.24, 2.45) is 0 Å². The molecule has 3 rings (SSSR count). The van der Waals surface area contributed by atoms with Crippen molar-refractivity contribution in [3.8, 4) is 17.4 Å². The van der Waals surface area contributed by atoms with Gasteiger partial charge in [0.25, 0.3) is 0 Å². The second-order valence-electron chi connectivity index (χ2n) is 5.00. The lowest BCUT2D eigenvalue weighted by Crippen LogP contribution is -1.82. The van der Waals surface area contributed by atoms with Crippen LogP contribution in [-0.4, -0.2) is 0 Å². The Morgan fingerprint density at radius 1 is 1.04 bits per heavy atom. The summed E-state index contributed by atoms with van der Waals surface area (Å²) in [6.07, 6.45) is 1.59. The first-order chi connectivity index (χ1) is 11.6. The Morgan fingerprint density at radius 3 is 2.50 bits per heavy atom. The lowest BCUT2D eigenvalue weighted by molar-refractivity contribution is 0.572. The van der Waals surface area contributed by atoms with Crippen LogP contribution in [0.15, 0.2) is 59.0 Å². The van der Waals surface area contributed by atoms with Gasteiger partial charge in [0.1, 0.15) is 17.3 Å². The van der Waals surface area contributed by atoms with Gasteiger partial charge in [-0.25, -0.2) is 4.39 Å². The third-order valence-electron chi connectivity index (χ3n) is 3.38. The molecule has 0 unspecified atom stereocenters.